The number of carbonyl (C=O) groups excluding carboxylic acids is 1. The minimum atomic E-state index is -3.00. The number of nitrogens with one attached hydrogen (secondary N) is 1. The Labute approximate surface area is 262 Å². The van der Waals surface area contributed by atoms with Gasteiger partial charge in [-0.1, -0.05) is 30.3 Å². The van der Waals surface area contributed by atoms with E-state index in [1.807, 2.05) is 16.8 Å². The first kappa shape index (κ1) is 32.9. The summed E-state index contributed by atoms with van der Waals surface area (Å²) >= 11 is 1.49. The molecule has 3 N–H and O–H groups in total. The second-order valence-electron chi connectivity index (χ2n) is 9.85. The average molecular weight is 640 g/mol. The Balaban J connectivity index is 1.55. The summed E-state index contributed by atoms with van der Waals surface area (Å²) in [5.41, 5.74) is 3.57. The van der Waals surface area contributed by atoms with Gasteiger partial charge in [-0.15, -0.1) is 0 Å². The van der Waals surface area contributed by atoms with Gasteiger partial charge in [0.15, 0.2) is 0 Å². The minimum Gasteiger partial charge on any atom is -0.493 e. The maximum atomic E-state index is 13.3. The van der Waals surface area contributed by atoms with E-state index in [4.69, 9.17) is 14.6 Å². The van der Waals surface area contributed by atoms with Crippen molar-refractivity contribution in [2.45, 2.75) is 45.4 Å². The number of ether oxygens (including phenoxy) is 3. The van der Waals surface area contributed by atoms with Crippen molar-refractivity contribution < 1.29 is 47.6 Å². The molecule has 12 heteroatoms. The molecule has 0 unspecified atom stereocenters. The zero-order valence-corrected chi connectivity index (χ0v) is 24.9. The first-order valence-electron chi connectivity index (χ1n) is 14.0. The number of halogens is 2. The normalized spacial score (nSPS) is 10.8. The number of carboxylic acids is 2. The number of para-hydroxylation sites is 1. The number of aliphatic carboxylic acids is 2. The number of benzene rings is 3. The van der Waals surface area contributed by atoms with E-state index < -0.39 is 24.5 Å². The lowest BCUT2D eigenvalue weighted by molar-refractivity contribution is -0.138. The van der Waals surface area contributed by atoms with Crippen molar-refractivity contribution in [2.24, 2.45) is 0 Å². The SMILES string of the molecule is O=C(O)CCCOc1cccc(COc2cc(C(=O)NCc3ccccc3OC(F)F)cc(-c3ccsc3)c2)c1CCC(=O)O. The number of hydrogen-bond donors (Lipinski definition) is 3. The molecule has 0 aliphatic heterocycles. The third-order valence-corrected chi connectivity index (χ3v) is 7.34. The van der Waals surface area contributed by atoms with Gasteiger partial charge in [-0.3, -0.25) is 14.4 Å². The fraction of sp³-hybridized carbons (Fsp3) is 0.242. The molecule has 1 amide bonds. The predicted molar refractivity (Wildman–Crippen MR) is 163 cm³/mol. The number of thiophene rings is 1. The standard InChI is InChI=1S/C33H31F2NO8S/c34-33(35)44-28-7-2-1-5-21(28)18-36-32(41)25-15-24(23-12-14-45-20-23)16-26(17-25)43-19-22-6-3-8-29(27(22)10-11-31(39)40)42-13-4-9-30(37)38/h1-3,5-8,12,14-17,20,33H,4,9-11,13,18-19H2,(H,36,41)(H,37,38)(H,39,40). The van der Waals surface area contributed by atoms with Crippen LogP contribution in [0.3, 0.4) is 0 Å². The molecule has 0 spiro atoms. The molecule has 4 rings (SSSR count). The number of carbonyl (C=O) groups is 3. The zero-order valence-electron chi connectivity index (χ0n) is 24.0. The van der Waals surface area contributed by atoms with Crippen molar-refractivity contribution in [1.82, 2.24) is 5.32 Å². The highest BCUT2D eigenvalue weighted by molar-refractivity contribution is 7.08. The Bertz CT molecular complexity index is 1610. The quantitative estimate of drug-likeness (QED) is 0.108. The van der Waals surface area contributed by atoms with E-state index in [1.54, 1.807) is 54.6 Å². The van der Waals surface area contributed by atoms with Crippen LogP contribution in [0.2, 0.25) is 0 Å². The van der Waals surface area contributed by atoms with Crippen LogP contribution in [0.1, 0.15) is 46.3 Å². The lowest BCUT2D eigenvalue weighted by Crippen LogP contribution is -2.23. The monoisotopic (exact) mass is 639 g/mol. The smallest absolute Gasteiger partial charge is 0.387 e. The fourth-order valence-corrected chi connectivity index (χ4v) is 5.18. The first-order chi connectivity index (χ1) is 21.7. The fourth-order valence-electron chi connectivity index (χ4n) is 4.51. The summed E-state index contributed by atoms with van der Waals surface area (Å²) in [5.74, 6) is -1.58. The van der Waals surface area contributed by atoms with Gasteiger partial charge in [-0.2, -0.15) is 20.1 Å². The molecular weight excluding hydrogens is 608 g/mol. The van der Waals surface area contributed by atoms with Gasteiger partial charge >= 0.3 is 18.6 Å². The van der Waals surface area contributed by atoms with Crippen LogP contribution in [0.5, 0.6) is 17.2 Å². The molecule has 3 aromatic carbocycles. The molecule has 9 nitrogen and oxygen atoms in total. The van der Waals surface area contributed by atoms with Gasteiger partial charge in [0.25, 0.3) is 5.91 Å². The van der Waals surface area contributed by atoms with Gasteiger partial charge in [0.05, 0.1) is 6.61 Å². The second kappa shape index (κ2) is 16.2. The summed E-state index contributed by atoms with van der Waals surface area (Å²) in [6, 6.07) is 18.4. The highest BCUT2D eigenvalue weighted by Crippen LogP contribution is 2.30. The van der Waals surface area contributed by atoms with Crippen molar-refractivity contribution >= 4 is 29.2 Å². The number of amides is 1. The number of carboxylic acid groups (broad SMARTS) is 2. The molecule has 0 bridgehead atoms. The van der Waals surface area contributed by atoms with Crippen LogP contribution in [-0.2, 0) is 29.2 Å². The summed E-state index contributed by atoms with van der Waals surface area (Å²) in [7, 11) is 0. The van der Waals surface area contributed by atoms with E-state index in [0.29, 0.717) is 34.6 Å². The second-order valence-corrected chi connectivity index (χ2v) is 10.6. The average Bonchev–Trinajstić information content (AvgIpc) is 3.56. The zero-order chi connectivity index (χ0) is 32.2. The topological polar surface area (TPSA) is 131 Å². The molecular formula is C33H31F2NO8S. The van der Waals surface area contributed by atoms with E-state index in [-0.39, 0.29) is 50.3 Å². The molecule has 0 saturated carbocycles. The molecule has 0 radical (unpaired) electrons. The van der Waals surface area contributed by atoms with Gasteiger partial charge in [-0.05, 0) is 76.7 Å². The van der Waals surface area contributed by atoms with Crippen LogP contribution >= 0.6 is 11.3 Å². The van der Waals surface area contributed by atoms with E-state index >= 15 is 0 Å². The van der Waals surface area contributed by atoms with Gasteiger partial charge < -0.3 is 29.7 Å². The molecule has 0 aliphatic rings. The molecule has 4 aromatic rings. The van der Waals surface area contributed by atoms with E-state index in [9.17, 15) is 28.3 Å². The van der Waals surface area contributed by atoms with Crippen LogP contribution in [0.25, 0.3) is 11.1 Å². The van der Waals surface area contributed by atoms with E-state index in [1.165, 1.54) is 17.4 Å². The molecule has 1 heterocycles. The Morgan fingerprint density at radius 2 is 1.60 bits per heavy atom. The Kier molecular flexibility index (Phi) is 11.9. The largest absolute Gasteiger partial charge is 0.493 e. The highest BCUT2D eigenvalue weighted by Gasteiger charge is 2.16. The highest BCUT2D eigenvalue weighted by atomic mass is 32.1. The Morgan fingerprint density at radius 1 is 0.844 bits per heavy atom. The summed E-state index contributed by atoms with van der Waals surface area (Å²) in [4.78, 5) is 35.5. The lowest BCUT2D eigenvalue weighted by Gasteiger charge is -2.17. The Hall–Kier alpha value is -4.97. The van der Waals surface area contributed by atoms with E-state index in [0.717, 1.165) is 11.1 Å². The molecule has 0 aliphatic carbocycles. The maximum absolute atomic E-state index is 13.3. The van der Waals surface area contributed by atoms with Gasteiger partial charge in [0.2, 0.25) is 0 Å². The minimum absolute atomic E-state index is 0.0318. The van der Waals surface area contributed by atoms with Gasteiger partial charge in [0, 0.05) is 36.1 Å². The van der Waals surface area contributed by atoms with Crippen molar-refractivity contribution in [3.63, 3.8) is 0 Å². The first-order valence-corrected chi connectivity index (χ1v) is 14.9. The van der Waals surface area contributed by atoms with Gasteiger partial charge in [0.1, 0.15) is 23.9 Å². The third-order valence-electron chi connectivity index (χ3n) is 6.66. The summed E-state index contributed by atoms with van der Waals surface area (Å²) in [6.07, 6.45) is 0.257. The van der Waals surface area contributed by atoms with E-state index in [2.05, 4.69) is 10.1 Å². The molecule has 0 saturated heterocycles. The number of hydrogen-bond acceptors (Lipinski definition) is 7. The molecule has 45 heavy (non-hydrogen) atoms. The summed E-state index contributed by atoms with van der Waals surface area (Å²) in [5, 5.41) is 24.8. The predicted octanol–water partition coefficient (Wildman–Crippen LogP) is 6.79. The van der Waals surface area contributed by atoms with Crippen molar-refractivity contribution in [3.8, 4) is 28.4 Å². The van der Waals surface area contributed by atoms with Crippen LogP contribution in [0.15, 0.2) is 77.5 Å². The number of rotatable bonds is 17. The van der Waals surface area contributed by atoms with Crippen LogP contribution in [0, 0.1) is 0 Å². The number of alkyl halides is 2. The molecule has 0 atom stereocenters. The van der Waals surface area contributed by atoms with Crippen molar-refractivity contribution in [2.75, 3.05) is 6.61 Å². The molecule has 0 fully saturated rings. The van der Waals surface area contributed by atoms with Crippen LogP contribution < -0.4 is 19.5 Å². The maximum Gasteiger partial charge on any atom is 0.387 e. The summed E-state index contributed by atoms with van der Waals surface area (Å²) < 4.78 is 42.2. The van der Waals surface area contributed by atoms with Crippen LogP contribution in [0.4, 0.5) is 8.78 Å². The Morgan fingerprint density at radius 3 is 2.33 bits per heavy atom. The van der Waals surface area contributed by atoms with Crippen molar-refractivity contribution in [3.05, 3.63) is 99.7 Å². The van der Waals surface area contributed by atoms with Crippen molar-refractivity contribution in [1.29, 1.82) is 0 Å². The third kappa shape index (κ3) is 10.0. The van der Waals surface area contributed by atoms with Crippen LogP contribution in [-0.4, -0.2) is 41.3 Å². The van der Waals surface area contributed by atoms with Gasteiger partial charge in [-0.25, -0.2) is 0 Å². The molecule has 236 valence electrons. The lowest BCUT2D eigenvalue weighted by atomic mass is 10.0. The summed E-state index contributed by atoms with van der Waals surface area (Å²) in [6.45, 7) is -2.87. The molecule has 1 aromatic heterocycles.